The van der Waals surface area contributed by atoms with Gasteiger partial charge in [0.05, 0.1) is 0 Å². The Morgan fingerprint density at radius 3 is 2.67 bits per heavy atom. The Balaban J connectivity index is 3.68. The number of hydrogen-bond acceptors (Lipinski definition) is 2. The van der Waals surface area contributed by atoms with Gasteiger partial charge in [0.25, 0.3) is 0 Å². The Hall–Kier alpha value is -0.440. The van der Waals surface area contributed by atoms with E-state index in [0.717, 1.165) is 0 Å². The largest absolute Gasteiger partial charge is 0.386 e. The maximum atomic E-state index is 5.48. The molecular weight excluding hydrogens is 132 g/mol. The average molecular weight is 144 g/mol. The van der Waals surface area contributed by atoms with E-state index in [2.05, 4.69) is 11.0 Å². The SMILES string of the molecule is C=CS/N=C(\N)C(C)C. The van der Waals surface area contributed by atoms with E-state index in [1.165, 1.54) is 11.9 Å². The normalized spacial score (nSPS) is 12.1. The Kier molecular flexibility index (Phi) is 4.22. The summed E-state index contributed by atoms with van der Waals surface area (Å²) in [7, 11) is 0. The van der Waals surface area contributed by atoms with Crippen LogP contribution in [0.3, 0.4) is 0 Å². The maximum Gasteiger partial charge on any atom is 0.110 e. The van der Waals surface area contributed by atoms with Crippen LogP contribution in [0.4, 0.5) is 0 Å². The molecule has 3 heteroatoms. The van der Waals surface area contributed by atoms with Gasteiger partial charge in [0.1, 0.15) is 5.84 Å². The lowest BCUT2D eigenvalue weighted by molar-refractivity contribution is 0.877. The summed E-state index contributed by atoms with van der Waals surface area (Å²) in [6.45, 7) is 7.50. The first-order valence-electron chi connectivity index (χ1n) is 2.78. The van der Waals surface area contributed by atoms with Gasteiger partial charge in [-0.3, -0.25) is 0 Å². The highest BCUT2D eigenvalue weighted by molar-refractivity contribution is 8.01. The predicted molar refractivity (Wildman–Crippen MR) is 44.2 cm³/mol. The molecule has 9 heavy (non-hydrogen) atoms. The zero-order valence-electron chi connectivity index (χ0n) is 5.79. The topological polar surface area (TPSA) is 38.4 Å². The van der Waals surface area contributed by atoms with Crippen molar-refractivity contribution in [1.29, 1.82) is 0 Å². The molecular formula is C6H12N2S. The van der Waals surface area contributed by atoms with Crippen molar-refractivity contribution in [2.45, 2.75) is 13.8 Å². The fourth-order valence-electron chi connectivity index (χ4n) is 0.204. The average Bonchev–Trinajstić information content (AvgIpc) is 1.82. The second-order valence-electron chi connectivity index (χ2n) is 1.94. The molecule has 0 bridgehead atoms. The molecule has 0 aromatic rings. The van der Waals surface area contributed by atoms with E-state index < -0.39 is 0 Å². The lowest BCUT2D eigenvalue weighted by Crippen LogP contribution is -2.17. The minimum atomic E-state index is 0.331. The molecule has 0 radical (unpaired) electrons. The number of nitrogens with two attached hydrogens (primary N) is 1. The highest BCUT2D eigenvalue weighted by Gasteiger charge is 1.95. The van der Waals surface area contributed by atoms with Gasteiger partial charge in [-0.25, -0.2) is 0 Å². The van der Waals surface area contributed by atoms with Crippen LogP contribution in [0.5, 0.6) is 0 Å². The fourth-order valence-corrected chi connectivity index (χ4v) is 0.611. The van der Waals surface area contributed by atoms with Crippen molar-refractivity contribution >= 4 is 17.8 Å². The molecule has 0 amide bonds. The van der Waals surface area contributed by atoms with Gasteiger partial charge in [-0.1, -0.05) is 20.4 Å². The van der Waals surface area contributed by atoms with Crippen molar-refractivity contribution in [3.8, 4) is 0 Å². The lowest BCUT2D eigenvalue weighted by atomic mass is 10.2. The molecule has 0 aliphatic rings. The molecule has 2 nitrogen and oxygen atoms in total. The highest BCUT2D eigenvalue weighted by atomic mass is 32.2. The van der Waals surface area contributed by atoms with Crippen LogP contribution in [-0.4, -0.2) is 5.84 Å². The van der Waals surface area contributed by atoms with Crippen LogP contribution in [0.15, 0.2) is 16.4 Å². The molecule has 0 aliphatic carbocycles. The molecule has 0 rings (SSSR count). The number of amidine groups is 1. The molecule has 2 N–H and O–H groups in total. The van der Waals surface area contributed by atoms with Crippen LogP contribution in [0, 0.1) is 5.92 Å². The van der Waals surface area contributed by atoms with Crippen LogP contribution >= 0.6 is 11.9 Å². The summed E-state index contributed by atoms with van der Waals surface area (Å²) in [5.74, 6) is 0.998. The van der Waals surface area contributed by atoms with E-state index in [1.54, 1.807) is 5.41 Å². The van der Waals surface area contributed by atoms with Crippen molar-refractivity contribution in [3.05, 3.63) is 12.0 Å². The van der Waals surface area contributed by atoms with Gasteiger partial charge in [0.15, 0.2) is 0 Å². The van der Waals surface area contributed by atoms with Crippen molar-refractivity contribution < 1.29 is 0 Å². The summed E-state index contributed by atoms with van der Waals surface area (Å²) >= 11 is 1.27. The molecule has 0 unspecified atom stereocenters. The van der Waals surface area contributed by atoms with Gasteiger partial charge in [0, 0.05) is 17.9 Å². The third-order valence-corrected chi connectivity index (χ3v) is 1.29. The maximum absolute atomic E-state index is 5.48. The molecule has 0 spiro atoms. The summed E-state index contributed by atoms with van der Waals surface area (Å²) in [6, 6.07) is 0. The number of rotatable bonds is 3. The van der Waals surface area contributed by atoms with E-state index in [1.807, 2.05) is 13.8 Å². The van der Waals surface area contributed by atoms with Gasteiger partial charge in [-0.2, -0.15) is 4.40 Å². The zero-order chi connectivity index (χ0) is 7.28. The second-order valence-corrected chi connectivity index (χ2v) is 2.67. The Morgan fingerprint density at radius 1 is 1.78 bits per heavy atom. The quantitative estimate of drug-likeness (QED) is 0.372. The van der Waals surface area contributed by atoms with Crippen molar-refractivity contribution in [1.82, 2.24) is 0 Å². The van der Waals surface area contributed by atoms with E-state index in [9.17, 15) is 0 Å². The van der Waals surface area contributed by atoms with Gasteiger partial charge < -0.3 is 5.73 Å². The van der Waals surface area contributed by atoms with E-state index in [0.29, 0.717) is 11.8 Å². The zero-order valence-corrected chi connectivity index (χ0v) is 6.61. The standard InChI is InChI=1S/C6H12N2S/c1-4-9-8-6(7)5(2)3/h4-5H,1H2,2-3H3,(H2,7,8). The summed E-state index contributed by atoms with van der Waals surface area (Å²) in [6.07, 6.45) is 0. The van der Waals surface area contributed by atoms with Gasteiger partial charge in [0.2, 0.25) is 0 Å². The Labute approximate surface area is 60.4 Å². The third kappa shape index (κ3) is 4.09. The highest BCUT2D eigenvalue weighted by Crippen LogP contribution is 2.03. The molecule has 0 fully saturated rings. The molecule has 0 saturated heterocycles. The first kappa shape index (κ1) is 8.56. The molecule has 0 aromatic carbocycles. The number of nitrogens with zero attached hydrogens (tertiary/aromatic N) is 1. The van der Waals surface area contributed by atoms with Crippen LogP contribution in [-0.2, 0) is 0 Å². The van der Waals surface area contributed by atoms with Crippen LogP contribution in [0.1, 0.15) is 13.8 Å². The molecule has 0 aromatic heterocycles. The molecule has 0 atom stereocenters. The molecule has 0 aliphatic heterocycles. The van der Waals surface area contributed by atoms with Gasteiger partial charge in [-0.05, 0) is 5.41 Å². The monoisotopic (exact) mass is 144 g/mol. The first-order chi connectivity index (χ1) is 4.18. The summed E-state index contributed by atoms with van der Waals surface area (Å²) in [5, 5.41) is 1.65. The van der Waals surface area contributed by atoms with E-state index >= 15 is 0 Å². The molecule has 52 valence electrons. The van der Waals surface area contributed by atoms with Gasteiger partial charge in [-0.15, -0.1) is 0 Å². The van der Waals surface area contributed by atoms with Crippen molar-refractivity contribution in [2.24, 2.45) is 16.0 Å². The summed E-state index contributed by atoms with van der Waals surface area (Å²) < 4.78 is 3.94. The van der Waals surface area contributed by atoms with Crippen LogP contribution in [0.25, 0.3) is 0 Å². The predicted octanol–water partition coefficient (Wildman–Crippen LogP) is 1.79. The second kappa shape index (κ2) is 4.44. The molecule has 0 heterocycles. The number of hydrogen-bond donors (Lipinski definition) is 1. The Morgan fingerprint density at radius 2 is 2.33 bits per heavy atom. The fraction of sp³-hybridized carbons (Fsp3) is 0.500. The summed E-state index contributed by atoms with van der Waals surface area (Å²) in [4.78, 5) is 0. The van der Waals surface area contributed by atoms with Crippen molar-refractivity contribution in [2.75, 3.05) is 0 Å². The third-order valence-electron chi connectivity index (χ3n) is 0.824. The first-order valence-corrected chi connectivity index (χ1v) is 3.62. The smallest absolute Gasteiger partial charge is 0.110 e. The lowest BCUT2D eigenvalue weighted by Gasteiger charge is -1.99. The van der Waals surface area contributed by atoms with E-state index in [4.69, 9.17) is 5.73 Å². The van der Waals surface area contributed by atoms with Crippen molar-refractivity contribution in [3.63, 3.8) is 0 Å². The van der Waals surface area contributed by atoms with Crippen LogP contribution < -0.4 is 5.73 Å². The Bertz CT molecular complexity index is 118. The minimum Gasteiger partial charge on any atom is -0.386 e. The molecule has 0 saturated carbocycles. The van der Waals surface area contributed by atoms with Gasteiger partial charge >= 0.3 is 0 Å². The van der Waals surface area contributed by atoms with E-state index in [-0.39, 0.29) is 0 Å². The summed E-state index contributed by atoms with van der Waals surface area (Å²) in [5.41, 5.74) is 5.48. The van der Waals surface area contributed by atoms with Crippen LogP contribution in [0.2, 0.25) is 0 Å². The minimum absolute atomic E-state index is 0.331.